The van der Waals surface area contributed by atoms with Crippen LogP contribution in [-0.4, -0.2) is 0 Å². The standard InChI is InChI=1S/C31H28N/c1-31(2,3)27-19-11-13-21-29(27)32-28-20-12-10-18-25(28)26(23-14-6-4-7-15-23)22-30(32)24-16-8-5-9-17-24/h4-22H,1-3H3/q+1. The molecule has 1 nitrogen and oxygen atoms in total. The van der Waals surface area contributed by atoms with E-state index in [0.29, 0.717) is 0 Å². The molecule has 32 heavy (non-hydrogen) atoms. The first-order valence-electron chi connectivity index (χ1n) is 11.2. The number of aromatic nitrogens is 1. The first-order valence-corrected chi connectivity index (χ1v) is 11.2. The van der Waals surface area contributed by atoms with Crippen molar-refractivity contribution in [2.75, 3.05) is 0 Å². The number of hydrogen-bond donors (Lipinski definition) is 0. The van der Waals surface area contributed by atoms with Crippen LogP contribution in [0.5, 0.6) is 0 Å². The van der Waals surface area contributed by atoms with Gasteiger partial charge in [0.25, 0.3) is 0 Å². The van der Waals surface area contributed by atoms with Crippen molar-refractivity contribution in [3.05, 3.63) is 121 Å². The average Bonchev–Trinajstić information content (AvgIpc) is 2.83. The number of pyridine rings is 1. The average molecular weight is 415 g/mol. The second kappa shape index (κ2) is 8.09. The Morgan fingerprint density at radius 3 is 1.81 bits per heavy atom. The number of hydrogen-bond acceptors (Lipinski definition) is 0. The van der Waals surface area contributed by atoms with Crippen molar-refractivity contribution in [2.45, 2.75) is 26.2 Å². The molecule has 1 heteroatoms. The predicted octanol–water partition coefficient (Wildman–Crippen LogP) is 7.75. The summed E-state index contributed by atoms with van der Waals surface area (Å²) in [5, 5.41) is 1.25. The van der Waals surface area contributed by atoms with Crippen LogP contribution in [0.3, 0.4) is 0 Å². The zero-order valence-corrected chi connectivity index (χ0v) is 18.9. The van der Waals surface area contributed by atoms with Gasteiger partial charge in [-0.25, -0.2) is 0 Å². The Balaban J connectivity index is 1.95. The quantitative estimate of drug-likeness (QED) is 0.266. The van der Waals surface area contributed by atoms with Gasteiger partial charge in [0.05, 0.1) is 5.39 Å². The van der Waals surface area contributed by atoms with Gasteiger partial charge in [0.2, 0.25) is 16.9 Å². The summed E-state index contributed by atoms with van der Waals surface area (Å²) in [5.74, 6) is 0. The fourth-order valence-electron chi connectivity index (χ4n) is 4.55. The fourth-order valence-corrected chi connectivity index (χ4v) is 4.55. The summed E-state index contributed by atoms with van der Waals surface area (Å²) in [6.45, 7) is 6.86. The van der Waals surface area contributed by atoms with Gasteiger partial charge >= 0.3 is 0 Å². The fraction of sp³-hybridized carbons (Fsp3) is 0.129. The number of benzene rings is 4. The van der Waals surface area contributed by atoms with E-state index >= 15 is 0 Å². The third-order valence-electron chi connectivity index (χ3n) is 6.06. The van der Waals surface area contributed by atoms with Crippen LogP contribution >= 0.6 is 0 Å². The van der Waals surface area contributed by atoms with Crippen LogP contribution < -0.4 is 4.57 Å². The minimum atomic E-state index is 0.0246. The third kappa shape index (κ3) is 3.61. The summed E-state index contributed by atoms with van der Waals surface area (Å²) in [6, 6.07) is 41.3. The molecule has 5 aromatic rings. The molecule has 5 rings (SSSR count). The Morgan fingerprint density at radius 1 is 0.562 bits per heavy atom. The molecule has 0 bridgehead atoms. The summed E-state index contributed by atoms with van der Waals surface area (Å²) in [7, 11) is 0. The van der Waals surface area contributed by atoms with E-state index < -0.39 is 0 Å². The normalized spacial score (nSPS) is 11.6. The van der Waals surface area contributed by atoms with Gasteiger partial charge < -0.3 is 0 Å². The molecule has 0 saturated carbocycles. The minimum Gasteiger partial charge on any atom is -0.152 e. The van der Waals surface area contributed by atoms with Crippen molar-refractivity contribution in [1.29, 1.82) is 0 Å². The third-order valence-corrected chi connectivity index (χ3v) is 6.06. The summed E-state index contributed by atoms with van der Waals surface area (Å²) in [4.78, 5) is 0. The molecule has 1 aromatic heterocycles. The smallest absolute Gasteiger partial charge is 0.152 e. The number of fused-ring (bicyclic) bond motifs is 1. The molecule has 0 spiro atoms. The van der Waals surface area contributed by atoms with E-state index in [2.05, 4.69) is 141 Å². The van der Waals surface area contributed by atoms with Crippen molar-refractivity contribution in [3.8, 4) is 28.1 Å². The van der Waals surface area contributed by atoms with Gasteiger partial charge in [-0.3, -0.25) is 0 Å². The second-order valence-corrected chi connectivity index (χ2v) is 9.30. The van der Waals surface area contributed by atoms with Crippen LogP contribution in [-0.2, 0) is 5.41 Å². The van der Waals surface area contributed by atoms with Crippen LogP contribution in [0.1, 0.15) is 26.3 Å². The topological polar surface area (TPSA) is 3.88 Å². The summed E-state index contributed by atoms with van der Waals surface area (Å²) >= 11 is 0. The van der Waals surface area contributed by atoms with Crippen molar-refractivity contribution >= 4 is 10.9 Å². The summed E-state index contributed by atoms with van der Waals surface area (Å²) in [5.41, 5.74) is 8.69. The number of rotatable bonds is 3. The molecule has 0 unspecified atom stereocenters. The van der Waals surface area contributed by atoms with Crippen LogP contribution in [0.4, 0.5) is 0 Å². The maximum atomic E-state index is 2.44. The highest BCUT2D eigenvalue weighted by molar-refractivity contribution is 5.94. The molecule has 1 heterocycles. The summed E-state index contributed by atoms with van der Waals surface area (Å²) in [6.07, 6.45) is 0. The lowest BCUT2D eigenvalue weighted by atomic mass is 9.85. The lowest BCUT2D eigenvalue weighted by Crippen LogP contribution is -2.37. The van der Waals surface area contributed by atoms with Crippen LogP contribution in [0.25, 0.3) is 39.0 Å². The lowest BCUT2D eigenvalue weighted by molar-refractivity contribution is -0.555. The minimum absolute atomic E-state index is 0.0246. The van der Waals surface area contributed by atoms with Gasteiger partial charge in [-0.1, -0.05) is 99.6 Å². The lowest BCUT2D eigenvalue weighted by Gasteiger charge is -2.21. The zero-order chi connectivity index (χ0) is 22.1. The highest BCUT2D eigenvalue weighted by Crippen LogP contribution is 2.34. The summed E-state index contributed by atoms with van der Waals surface area (Å²) < 4.78 is 2.44. The molecular formula is C31H28N+. The van der Waals surface area contributed by atoms with E-state index in [4.69, 9.17) is 0 Å². The molecule has 0 fully saturated rings. The molecule has 0 N–H and O–H groups in total. The molecule has 0 aliphatic heterocycles. The van der Waals surface area contributed by atoms with Crippen molar-refractivity contribution in [3.63, 3.8) is 0 Å². The first kappa shape index (κ1) is 20.2. The number of nitrogens with zero attached hydrogens (tertiary/aromatic N) is 1. The van der Waals surface area contributed by atoms with Crippen LogP contribution in [0.15, 0.2) is 115 Å². The highest BCUT2D eigenvalue weighted by Gasteiger charge is 2.29. The maximum absolute atomic E-state index is 2.44. The molecule has 0 amide bonds. The van der Waals surface area contributed by atoms with E-state index in [9.17, 15) is 0 Å². The highest BCUT2D eigenvalue weighted by atomic mass is 15.0. The van der Waals surface area contributed by atoms with Crippen molar-refractivity contribution in [2.24, 2.45) is 0 Å². The van der Waals surface area contributed by atoms with Gasteiger partial charge in [0.1, 0.15) is 0 Å². The van der Waals surface area contributed by atoms with Gasteiger partial charge in [0, 0.05) is 34.9 Å². The Labute approximate surface area is 190 Å². The molecular weight excluding hydrogens is 386 g/mol. The Hall–Kier alpha value is -3.71. The Morgan fingerprint density at radius 2 is 1.12 bits per heavy atom. The van der Waals surface area contributed by atoms with Gasteiger partial charge in [-0.2, -0.15) is 4.57 Å². The van der Waals surface area contributed by atoms with E-state index in [0.717, 1.165) is 0 Å². The van der Waals surface area contributed by atoms with Gasteiger partial charge in [-0.05, 0) is 29.2 Å². The van der Waals surface area contributed by atoms with E-state index in [-0.39, 0.29) is 5.41 Å². The SMILES string of the molecule is CC(C)(C)c1ccccc1-[n+]1c(-c2ccccc2)cc(-c2ccccc2)c2ccccc21. The van der Waals surface area contributed by atoms with Crippen molar-refractivity contribution < 1.29 is 4.57 Å². The zero-order valence-electron chi connectivity index (χ0n) is 18.9. The molecule has 0 atom stereocenters. The molecule has 0 saturated heterocycles. The maximum Gasteiger partial charge on any atom is 0.219 e. The molecule has 0 aliphatic rings. The Bertz CT molecular complexity index is 1380. The Kier molecular flexibility index (Phi) is 5.11. The van der Waals surface area contributed by atoms with Crippen LogP contribution in [0.2, 0.25) is 0 Å². The largest absolute Gasteiger partial charge is 0.219 e. The molecule has 4 aromatic carbocycles. The molecule has 156 valence electrons. The molecule has 0 aliphatic carbocycles. The van der Waals surface area contributed by atoms with E-state index in [1.165, 1.54) is 44.5 Å². The second-order valence-electron chi connectivity index (χ2n) is 9.30. The van der Waals surface area contributed by atoms with Gasteiger partial charge in [-0.15, -0.1) is 0 Å². The first-order chi connectivity index (χ1) is 15.5. The van der Waals surface area contributed by atoms with Crippen LogP contribution in [0, 0.1) is 0 Å². The molecule has 0 radical (unpaired) electrons. The number of para-hydroxylation sites is 2. The van der Waals surface area contributed by atoms with Gasteiger partial charge in [0.15, 0.2) is 0 Å². The predicted molar refractivity (Wildman–Crippen MR) is 135 cm³/mol. The van der Waals surface area contributed by atoms with E-state index in [1.54, 1.807) is 0 Å². The monoisotopic (exact) mass is 414 g/mol. The van der Waals surface area contributed by atoms with Crippen molar-refractivity contribution in [1.82, 2.24) is 0 Å². The van der Waals surface area contributed by atoms with E-state index in [1.807, 2.05) is 0 Å².